The molecule has 6 nitrogen and oxygen atoms in total. The van der Waals surface area contributed by atoms with Gasteiger partial charge in [-0.3, -0.25) is 9.40 Å². The molecular weight excluding hydrogens is 302 g/mol. The van der Waals surface area contributed by atoms with Gasteiger partial charge in [-0.05, 0) is 52.0 Å². The quantitative estimate of drug-likeness (QED) is 0.918. The van der Waals surface area contributed by atoms with Gasteiger partial charge in [-0.15, -0.1) is 0 Å². The lowest BCUT2D eigenvalue weighted by atomic mass is 10.3. The molecule has 0 saturated carbocycles. The summed E-state index contributed by atoms with van der Waals surface area (Å²) in [6.45, 7) is 7.64. The van der Waals surface area contributed by atoms with Gasteiger partial charge in [-0.2, -0.15) is 5.10 Å². The summed E-state index contributed by atoms with van der Waals surface area (Å²) in [5.41, 5.74) is 1.98. The van der Waals surface area contributed by atoms with Gasteiger partial charge in [-0.25, -0.2) is 8.42 Å². The van der Waals surface area contributed by atoms with Crippen molar-refractivity contribution < 1.29 is 13.2 Å². The van der Waals surface area contributed by atoms with Crippen molar-refractivity contribution in [2.24, 2.45) is 0 Å². The molecule has 2 rings (SSSR count). The maximum Gasteiger partial charge on any atom is 0.262 e. The Morgan fingerprint density at radius 1 is 1.18 bits per heavy atom. The van der Waals surface area contributed by atoms with Gasteiger partial charge < -0.3 is 4.74 Å². The summed E-state index contributed by atoms with van der Waals surface area (Å²) in [4.78, 5) is 0.185. The second-order valence-corrected chi connectivity index (χ2v) is 7.05. The van der Waals surface area contributed by atoms with Crippen molar-refractivity contribution in [2.75, 3.05) is 11.8 Å². The highest BCUT2D eigenvalue weighted by Gasteiger charge is 2.20. The Kier molecular flexibility index (Phi) is 4.46. The van der Waals surface area contributed by atoms with Crippen molar-refractivity contribution in [3.05, 3.63) is 35.7 Å². The molecule has 1 heterocycles. The van der Waals surface area contributed by atoms with Crippen LogP contribution in [0.1, 0.15) is 31.3 Å². The molecule has 7 heteroatoms. The molecule has 0 aliphatic carbocycles. The number of hydrogen-bond acceptors (Lipinski definition) is 4. The molecule has 0 atom stereocenters. The smallest absolute Gasteiger partial charge is 0.262 e. The van der Waals surface area contributed by atoms with E-state index in [0.717, 1.165) is 5.69 Å². The monoisotopic (exact) mass is 323 g/mol. The molecule has 1 aromatic heterocycles. The second-order valence-electron chi connectivity index (χ2n) is 5.37. The maximum atomic E-state index is 12.5. The van der Waals surface area contributed by atoms with Crippen LogP contribution >= 0.6 is 0 Å². The van der Waals surface area contributed by atoms with Gasteiger partial charge in [0.15, 0.2) is 0 Å². The summed E-state index contributed by atoms with van der Waals surface area (Å²) in [5, 5.41) is 4.38. The third-order valence-electron chi connectivity index (χ3n) is 3.42. The molecule has 0 aliphatic rings. The summed E-state index contributed by atoms with van der Waals surface area (Å²) in [7, 11) is -2.12. The van der Waals surface area contributed by atoms with Gasteiger partial charge in [0.05, 0.1) is 29.1 Å². The molecule has 0 bridgehead atoms. The molecular formula is C15H21N3O3S. The van der Waals surface area contributed by atoms with Gasteiger partial charge in [0, 0.05) is 6.04 Å². The lowest BCUT2D eigenvalue weighted by molar-refractivity contribution is 0.414. The lowest BCUT2D eigenvalue weighted by Gasteiger charge is -2.11. The summed E-state index contributed by atoms with van der Waals surface area (Å²) in [6, 6.07) is 6.42. The number of rotatable bonds is 5. The zero-order chi connectivity index (χ0) is 16.5. The highest BCUT2D eigenvalue weighted by atomic mass is 32.2. The standard InChI is InChI=1S/C15H21N3O3S/c1-10(2)18-12(4)15(11(3)16-18)17-22(19,20)14-8-6-13(21-5)7-9-14/h6-10,17H,1-5H3. The van der Waals surface area contributed by atoms with E-state index >= 15 is 0 Å². The number of aromatic nitrogens is 2. The summed E-state index contributed by atoms with van der Waals surface area (Å²) in [5.74, 6) is 0.610. The molecule has 0 aliphatic heterocycles. The van der Waals surface area contributed by atoms with E-state index in [9.17, 15) is 8.42 Å². The van der Waals surface area contributed by atoms with Crippen LogP contribution in [0.2, 0.25) is 0 Å². The number of ether oxygens (including phenoxy) is 1. The molecule has 0 radical (unpaired) electrons. The van der Waals surface area contributed by atoms with E-state index in [1.165, 1.54) is 19.2 Å². The van der Waals surface area contributed by atoms with Crippen molar-refractivity contribution >= 4 is 15.7 Å². The number of methoxy groups -OCH3 is 1. The summed E-state index contributed by atoms with van der Waals surface area (Å²) in [6.07, 6.45) is 0. The van der Waals surface area contributed by atoms with E-state index in [1.54, 1.807) is 23.7 Å². The topological polar surface area (TPSA) is 73.2 Å². The van der Waals surface area contributed by atoms with E-state index in [0.29, 0.717) is 17.1 Å². The Labute approximate surface area is 131 Å². The van der Waals surface area contributed by atoms with Gasteiger partial charge in [0.25, 0.3) is 10.0 Å². The molecule has 0 amide bonds. The van der Waals surface area contributed by atoms with Gasteiger partial charge >= 0.3 is 0 Å². The van der Waals surface area contributed by atoms with Crippen LogP contribution in [0.3, 0.4) is 0 Å². The third kappa shape index (κ3) is 3.09. The number of hydrogen-bond donors (Lipinski definition) is 1. The van der Waals surface area contributed by atoms with Crippen LogP contribution in [0.4, 0.5) is 5.69 Å². The van der Waals surface area contributed by atoms with Crippen LogP contribution in [0.5, 0.6) is 5.75 Å². The second kappa shape index (κ2) is 6.00. The fourth-order valence-corrected chi connectivity index (χ4v) is 3.44. The van der Waals surface area contributed by atoms with Crippen LogP contribution in [0, 0.1) is 13.8 Å². The van der Waals surface area contributed by atoms with Crippen molar-refractivity contribution in [1.82, 2.24) is 9.78 Å². The number of sulfonamides is 1. The van der Waals surface area contributed by atoms with Crippen LogP contribution in [-0.2, 0) is 10.0 Å². The molecule has 22 heavy (non-hydrogen) atoms. The van der Waals surface area contributed by atoms with Crippen LogP contribution in [-0.4, -0.2) is 25.3 Å². The predicted molar refractivity (Wildman–Crippen MR) is 85.9 cm³/mol. The van der Waals surface area contributed by atoms with Gasteiger partial charge in [-0.1, -0.05) is 0 Å². The van der Waals surface area contributed by atoms with E-state index < -0.39 is 10.0 Å². The Bertz CT molecular complexity index is 762. The molecule has 120 valence electrons. The number of nitrogens with one attached hydrogen (secondary N) is 1. The average Bonchev–Trinajstić information content (AvgIpc) is 2.75. The normalized spacial score (nSPS) is 11.7. The Morgan fingerprint density at radius 2 is 1.77 bits per heavy atom. The van der Waals surface area contributed by atoms with Crippen LogP contribution < -0.4 is 9.46 Å². The molecule has 1 aromatic carbocycles. The molecule has 2 aromatic rings. The Hall–Kier alpha value is -2.02. The highest BCUT2D eigenvalue weighted by Crippen LogP contribution is 2.26. The molecule has 1 N–H and O–H groups in total. The van der Waals surface area contributed by atoms with Crippen molar-refractivity contribution in [2.45, 2.75) is 38.6 Å². The number of nitrogens with zero attached hydrogens (tertiary/aromatic N) is 2. The number of benzene rings is 1. The van der Waals surface area contributed by atoms with Gasteiger partial charge in [0.2, 0.25) is 0 Å². The minimum atomic E-state index is -3.65. The van der Waals surface area contributed by atoms with Crippen molar-refractivity contribution in [3.63, 3.8) is 0 Å². The molecule has 0 spiro atoms. The predicted octanol–water partition coefficient (Wildman–Crippen LogP) is 2.89. The van der Waals surface area contributed by atoms with E-state index in [-0.39, 0.29) is 10.9 Å². The number of aryl methyl sites for hydroxylation is 1. The molecule has 0 unspecified atom stereocenters. The minimum Gasteiger partial charge on any atom is -0.497 e. The average molecular weight is 323 g/mol. The van der Waals surface area contributed by atoms with E-state index in [1.807, 2.05) is 20.8 Å². The fraction of sp³-hybridized carbons (Fsp3) is 0.400. The first-order chi connectivity index (χ1) is 10.3. The minimum absolute atomic E-state index is 0.165. The third-order valence-corrected chi connectivity index (χ3v) is 4.79. The SMILES string of the molecule is COc1ccc(S(=O)(=O)Nc2c(C)nn(C(C)C)c2C)cc1. The summed E-state index contributed by atoms with van der Waals surface area (Å²) >= 11 is 0. The first-order valence-electron chi connectivity index (χ1n) is 6.99. The zero-order valence-electron chi connectivity index (χ0n) is 13.4. The fourth-order valence-electron chi connectivity index (χ4n) is 2.26. The van der Waals surface area contributed by atoms with E-state index in [4.69, 9.17) is 4.74 Å². The van der Waals surface area contributed by atoms with Crippen molar-refractivity contribution in [3.8, 4) is 5.75 Å². The van der Waals surface area contributed by atoms with E-state index in [2.05, 4.69) is 9.82 Å². The Balaban J connectivity index is 2.36. The van der Waals surface area contributed by atoms with Crippen LogP contribution in [0.25, 0.3) is 0 Å². The first kappa shape index (κ1) is 16.4. The Morgan fingerprint density at radius 3 is 2.23 bits per heavy atom. The van der Waals surface area contributed by atoms with Crippen LogP contribution in [0.15, 0.2) is 29.2 Å². The molecule has 0 fully saturated rings. The van der Waals surface area contributed by atoms with Gasteiger partial charge in [0.1, 0.15) is 5.75 Å². The first-order valence-corrected chi connectivity index (χ1v) is 8.47. The highest BCUT2D eigenvalue weighted by molar-refractivity contribution is 7.92. The molecule has 0 saturated heterocycles. The number of anilines is 1. The zero-order valence-corrected chi connectivity index (χ0v) is 14.2. The van der Waals surface area contributed by atoms with Crippen molar-refractivity contribution in [1.29, 1.82) is 0 Å². The lowest BCUT2D eigenvalue weighted by Crippen LogP contribution is -2.14. The summed E-state index contributed by atoms with van der Waals surface area (Å²) < 4.78 is 34.5. The largest absolute Gasteiger partial charge is 0.497 e. The maximum absolute atomic E-state index is 12.5.